The summed E-state index contributed by atoms with van der Waals surface area (Å²) in [7, 11) is -31.3. The minimum absolute atomic E-state index is 0.0374. The Hall–Kier alpha value is -1.08. The molecule has 0 saturated carbocycles. The Kier molecular flexibility index (Phi) is 45.2. The molecule has 0 bridgehead atoms. The summed E-state index contributed by atoms with van der Waals surface area (Å²) in [4.78, 5) is -8.09. The van der Waals surface area contributed by atoms with E-state index in [4.69, 9.17) is 0 Å². The third-order valence-corrected chi connectivity index (χ3v) is 28.6. The maximum Gasteiger partial charge on any atom is 0.181 e. The van der Waals surface area contributed by atoms with Gasteiger partial charge in [-0.15, -0.1) is 0 Å². The minimum atomic E-state index is -5.21. The van der Waals surface area contributed by atoms with E-state index < -0.39 is 123 Å². The van der Waals surface area contributed by atoms with Gasteiger partial charge in [0.05, 0.1) is 34.5 Å². The highest BCUT2D eigenvalue weighted by Crippen LogP contribution is 2.47. The zero-order valence-corrected chi connectivity index (χ0v) is 59.4. The van der Waals surface area contributed by atoms with E-state index in [2.05, 4.69) is 41.5 Å². The zero-order chi connectivity index (χ0) is 62.6. The van der Waals surface area contributed by atoms with Gasteiger partial charge in [-0.05, 0) is 38.5 Å². The fourth-order valence-corrected chi connectivity index (χ4v) is 25.8. The topological polar surface area (TPSA) is 205 Å². The highest BCUT2D eigenvalue weighted by atomic mass is 32.2. The lowest BCUT2D eigenvalue weighted by atomic mass is 10.1. The van der Waals surface area contributed by atoms with Crippen molar-refractivity contribution in [3.8, 4) is 0 Å². The van der Waals surface area contributed by atoms with E-state index in [1.165, 1.54) is 0 Å². The van der Waals surface area contributed by atoms with Crippen molar-refractivity contribution >= 4 is 59.0 Å². The van der Waals surface area contributed by atoms with Gasteiger partial charge in [-0.3, -0.25) is 0 Å². The van der Waals surface area contributed by atoms with Crippen molar-refractivity contribution in [2.24, 2.45) is 0 Å². The molecular formula is C66H126O12S6. The quantitative estimate of drug-likeness (QED) is 0.0559. The highest BCUT2D eigenvalue weighted by Gasteiger charge is 2.49. The molecular weight excluding hydrogens is 1180 g/mol. The molecule has 1 aromatic carbocycles. The number of rotatable bonds is 60. The van der Waals surface area contributed by atoms with Crippen LogP contribution < -0.4 is 0 Å². The maximum atomic E-state index is 15.7. The van der Waals surface area contributed by atoms with Crippen LogP contribution in [0.2, 0.25) is 0 Å². The van der Waals surface area contributed by atoms with Gasteiger partial charge < -0.3 is 0 Å². The minimum Gasteiger partial charge on any atom is -0.224 e. The van der Waals surface area contributed by atoms with Gasteiger partial charge in [0, 0.05) is 0 Å². The van der Waals surface area contributed by atoms with Gasteiger partial charge in [0.15, 0.2) is 59.0 Å². The van der Waals surface area contributed by atoms with Crippen molar-refractivity contribution in [3.63, 3.8) is 0 Å². The number of hydrogen-bond acceptors (Lipinski definition) is 12. The van der Waals surface area contributed by atoms with Crippen LogP contribution in [0.5, 0.6) is 0 Å². The second kappa shape index (κ2) is 46.9. The van der Waals surface area contributed by atoms with E-state index in [9.17, 15) is 0 Å². The summed E-state index contributed by atoms with van der Waals surface area (Å²) in [5.41, 5.74) is 0. The van der Waals surface area contributed by atoms with Crippen molar-refractivity contribution in [1.82, 2.24) is 0 Å². The third kappa shape index (κ3) is 33.1. The molecule has 498 valence electrons. The van der Waals surface area contributed by atoms with Crippen molar-refractivity contribution in [1.29, 1.82) is 0 Å². The van der Waals surface area contributed by atoms with E-state index in [1.54, 1.807) is 0 Å². The van der Waals surface area contributed by atoms with Gasteiger partial charge >= 0.3 is 0 Å². The van der Waals surface area contributed by atoms with Crippen molar-refractivity contribution < 1.29 is 50.5 Å². The van der Waals surface area contributed by atoms with E-state index in [0.29, 0.717) is 77.0 Å². The zero-order valence-electron chi connectivity index (χ0n) is 54.5. The molecule has 0 aliphatic carbocycles. The Morgan fingerprint density at radius 3 is 0.321 bits per heavy atom. The largest absolute Gasteiger partial charge is 0.224 e. The lowest BCUT2D eigenvalue weighted by Crippen LogP contribution is -2.30. The Morgan fingerprint density at radius 2 is 0.226 bits per heavy atom. The molecule has 0 fully saturated rings. The molecule has 0 saturated heterocycles. The Bertz CT molecular complexity index is 2080. The third-order valence-electron chi connectivity index (χ3n) is 16.7. The van der Waals surface area contributed by atoms with Gasteiger partial charge in [-0.25, -0.2) is 50.5 Å². The fourth-order valence-electron chi connectivity index (χ4n) is 11.5. The average molecular weight is 1300 g/mol. The van der Waals surface area contributed by atoms with Crippen molar-refractivity contribution in [2.45, 2.75) is 379 Å². The molecule has 0 radical (unpaired) electrons. The van der Waals surface area contributed by atoms with Crippen LogP contribution in [-0.4, -0.2) is 85.0 Å². The summed E-state index contributed by atoms with van der Waals surface area (Å²) in [5.74, 6) is -4.74. The van der Waals surface area contributed by atoms with Gasteiger partial charge in [-0.2, -0.15) is 0 Å². The van der Waals surface area contributed by atoms with E-state index in [0.717, 1.165) is 193 Å². The lowest BCUT2D eigenvalue weighted by Gasteiger charge is -2.26. The highest BCUT2D eigenvalue weighted by molar-refractivity contribution is 7.99. The first-order chi connectivity index (χ1) is 40.1. The molecule has 1 aromatic rings. The molecule has 0 N–H and O–H groups in total. The first-order valence-corrected chi connectivity index (χ1v) is 44.6. The standard InChI is InChI=1S/C66H126O12S6/c1-7-13-19-25-31-37-43-49-55-79(67,68)61-62(80(69,70)56-50-44-38-32-26-20-14-8-2)64(82(73,74)58-52-46-40-34-28-22-16-10-4)66(84(77,78)60-54-48-42-36-30-24-18-12-6)65(83(75,76)59-53-47-41-35-29-23-17-11-5)63(61)81(71,72)57-51-45-39-33-27-21-15-9-3/h7-60H2,1-6H3. The van der Waals surface area contributed by atoms with Gasteiger partial charge in [-0.1, -0.05) is 311 Å². The van der Waals surface area contributed by atoms with Gasteiger partial charge in [0.2, 0.25) is 0 Å². The van der Waals surface area contributed by atoms with Crippen molar-refractivity contribution in [2.75, 3.05) is 34.5 Å². The van der Waals surface area contributed by atoms with Crippen LogP contribution in [0.3, 0.4) is 0 Å². The first-order valence-electron chi connectivity index (χ1n) is 34.7. The van der Waals surface area contributed by atoms with Crippen molar-refractivity contribution in [3.05, 3.63) is 0 Å². The van der Waals surface area contributed by atoms with Gasteiger partial charge in [0.1, 0.15) is 29.4 Å². The molecule has 0 aliphatic heterocycles. The molecule has 0 heterocycles. The summed E-state index contributed by atoms with van der Waals surface area (Å²) in [6.45, 7) is 12.7. The second-order valence-electron chi connectivity index (χ2n) is 24.7. The summed E-state index contributed by atoms with van der Waals surface area (Å²) < 4.78 is 189. The summed E-state index contributed by atoms with van der Waals surface area (Å²) in [5, 5.41) is 0. The van der Waals surface area contributed by atoms with Crippen LogP contribution >= 0.6 is 0 Å². The normalized spacial score (nSPS) is 12.9. The molecule has 0 amide bonds. The Balaban J connectivity index is 4.81. The molecule has 18 heteroatoms. The Labute approximate surface area is 519 Å². The number of hydrogen-bond donors (Lipinski definition) is 0. The number of benzene rings is 1. The number of unbranched alkanes of at least 4 members (excludes halogenated alkanes) is 42. The molecule has 0 spiro atoms. The summed E-state index contributed by atoms with van der Waals surface area (Å²) >= 11 is 0. The predicted octanol–water partition coefficient (Wildman–Crippen LogP) is 19.2. The molecule has 0 unspecified atom stereocenters. The number of sulfone groups is 6. The second-order valence-corrected chi connectivity index (χ2v) is 37.0. The van der Waals surface area contributed by atoms with Crippen LogP contribution in [0.1, 0.15) is 350 Å². The lowest BCUT2D eigenvalue weighted by molar-refractivity contribution is 0.531. The van der Waals surface area contributed by atoms with Crippen LogP contribution in [-0.2, 0) is 59.0 Å². The van der Waals surface area contributed by atoms with Crippen LogP contribution in [0.4, 0.5) is 0 Å². The molecule has 0 atom stereocenters. The van der Waals surface area contributed by atoms with Gasteiger partial charge in [0.25, 0.3) is 0 Å². The van der Waals surface area contributed by atoms with E-state index in [1.807, 2.05) is 0 Å². The monoisotopic (exact) mass is 1300 g/mol. The van der Waals surface area contributed by atoms with E-state index in [-0.39, 0.29) is 38.5 Å². The first kappa shape index (κ1) is 80.9. The average Bonchev–Trinajstić information content (AvgIpc) is 0.713. The van der Waals surface area contributed by atoms with Crippen LogP contribution in [0, 0.1) is 0 Å². The summed E-state index contributed by atoms with van der Waals surface area (Å²) in [6.07, 6.45) is 34.9. The molecule has 0 aliphatic rings. The maximum absolute atomic E-state index is 15.7. The van der Waals surface area contributed by atoms with Crippen LogP contribution in [0.25, 0.3) is 0 Å². The molecule has 12 nitrogen and oxygen atoms in total. The Morgan fingerprint density at radius 1 is 0.143 bits per heavy atom. The van der Waals surface area contributed by atoms with E-state index >= 15 is 50.5 Å². The molecule has 1 rings (SSSR count). The molecule has 84 heavy (non-hydrogen) atoms. The fraction of sp³-hybridized carbons (Fsp3) is 0.909. The smallest absolute Gasteiger partial charge is 0.181 e. The van der Waals surface area contributed by atoms with Crippen LogP contribution in [0.15, 0.2) is 29.4 Å². The summed E-state index contributed by atoms with van der Waals surface area (Å²) in [6, 6.07) is 0. The SMILES string of the molecule is CCCCCCCCCCS(=O)(=O)c1c(S(=O)(=O)CCCCCCCCCC)c(S(=O)(=O)CCCCCCCCCC)c(S(=O)(=O)CCCCCCCCCC)c(S(=O)(=O)CCCCCCCCCC)c1S(=O)(=O)CCCCCCCCCC. The predicted molar refractivity (Wildman–Crippen MR) is 354 cm³/mol. The molecule has 0 aromatic heterocycles.